The van der Waals surface area contributed by atoms with Gasteiger partial charge in [-0.3, -0.25) is 4.79 Å². The summed E-state index contributed by atoms with van der Waals surface area (Å²) in [5, 5.41) is 0. The van der Waals surface area contributed by atoms with Crippen LogP contribution in [-0.4, -0.2) is 22.4 Å². The third kappa shape index (κ3) is 2.06. The molecule has 0 aliphatic heterocycles. The number of ether oxygens (including phenoxy) is 1. The molecule has 0 N–H and O–H groups in total. The van der Waals surface area contributed by atoms with Crippen molar-refractivity contribution < 1.29 is 9.53 Å². The number of carbonyl (C=O) groups is 1. The SMILES string of the molecule is COc1cc(C(=O)c2nccn2C)ccc1C. The number of imidazole rings is 1. The van der Waals surface area contributed by atoms with Crippen molar-refractivity contribution in [3.8, 4) is 5.75 Å². The largest absolute Gasteiger partial charge is 0.496 e. The summed E-state index contributed by atoms with van der Waals surface area (Å²) in [5.41, 5.74) is 1.59. The van der Waals surface area contributed by atoms with E-state index in [9.17, 15) is 4.79 Å². The molecule has 0 spiro atoms. The normalized spacial score (nSPS) is 10.3. The van der Waals surface area contributed by atoms with Crippen molar-refractivity contribution in [1.82, 2.24) is 9.55 Å². The Morgan fingerprint density at radius 3 is 2.76 bits per heavy atom. The highest BCUT2D eigenvalue weighted by Gasteiger charge is 2.14. The maximum atomic E-state index is 12.2. The zero-order valence-corrected chi connectivity index (χ0v) is 10.1. The van der Waals surface area contributed by atoms with Crippen LogP contribution >= 0.6 is 0 Å². The van der Waals surface area contributed by atoms with Gasteiger partial charge in [-0.15, -0.1) is 0 Å². The molecule has 0 radical (unpaired) electrons. The van der Waals surface area contributed by atoms with Gasteiger partial charge in [-0.2, -0.15) is 0 Å². The lowest BCUT2D eigenvalue weighted by Crippen LogP contribution is -2.09. The Labute approximate surface area is 99.9 Å². The molecule has 1 aromatic heterocycles. The average Bonchev–Trinajstić information content (AvgIpc) is 2.75. The summed E-state index contributed by atoms with van der Waals surface area (Å²) < 4.78 is 6.91. The highest BCUT2D eigenvalue weighted by Crippen LogP contribution is 2.20. The minimum absolute atomic E-state index is 0.101. The monoisotopic (exact) mass is 230 g/mol. The van der Waals surface area contributed by atoms with Gasteiger partial charge in [-0.25, -0.2) is 4.98 Å². The molecule has 0 saturated heterocycles. The molecule has 1 aromatic carbocycles. The van der Waals surface area contributed by atoms with Crippen LogP contribution in [0, 0.1) is 6.92 Å². The first-order chi connectivity index (χ1) is 8.13. The lowest BCUT2D eigenvalue weighted by molar-refractivity contribution is 0.102. The molecule has 0 bridgehead atoms. The molecule has 2 rings (SSSR count). The molecule has 17 heavy (non-hydrogen) atoms. The van der Waals surface area contributed by atoms with Gasteiger partial charge in [0.15, 0.2) is 5.82 Å². The summed E-state index contributed by atoms with van der Waals surface area (Å²) >= 11 is 0. The Morgan fingerprint density at radius 1 is 1.41 bits per heavy atom. The van der Waals surface area contributed by atoms with E-state index in [0.717, 1.165) is 5.56 Å². The first-order valence-electron chi connectivity index (χ1n) is 5.30. The van der Waals surface area contributed by atoms with Crippen molar-refractivity contribution in [1.29, 1.82) is 0 Å². The topological polar surface area (TPSA) is 44.1 Å². The highest BCUT2D eigenvalue weighted by molar-refractivity contribution is 6.06. The number of methoxy groups -OCH3 is 1. The van der Waals surface area contributed by atoms with Gasteiger partial charge in [0.25, 0.3) is 0 Å². The second kappa shape index (κ2) is 4.41. The Hall–Kier alpha value is -2.10. The smallest absolute Gasteiger partial charge is 0.228 e. The average molecular weight is 230 g/mol. The van der Waals surface area contributed by atoms with Crippen LogP contribution in [0.25, 0.3) is 0 Å². The number of nitrogens with zero attached hydrogens (tertiary/aromatic N) is 2. The number of hydrogen-bond acceptors (Lipinski definition) is 3. The van der Waals surface area contributed by atoms with Crippen molar-refractivity contribution in [2.45, 2.75) is 6.92 Å². The van der Waals surface area contributed by atoms with Crippen molar-refractivity contribution in [2.24, 2.45) is 7.05 Å². The molecule has 2 aromatic rings. The highest BCUT2D eigenvalue weighted by atomic mass is 16.5. The van der Waals surface area contributed by atoms with Crippen LogP contribution < -0.4 is 4.74 Å². The van der Waals surface area contributed by atoms with Crippen LogP contribution in [0.1, 0.15) is 21.7 Å². The van der Waals surface area contributed by atoms with E-state index in [4.69, 9.17) is 4.74 Å². The van der Waals surface area contributed by atoms with E-state index in [1.807, 2.05) is 13.0 Å². The number of ketones is 1. The van der Waals surface area contributed by atoms with Gasteiger partial charge < -0.3 is 9.30 Å². The van der Waals surface area contributed by atoms with E-state index < -0.39 is 0 Å². The molecule has 0 saturated carbocycles. The number of benzene rings is 1. The van der Waals surface area contributed by atoms with Crippen LogP contribution in [0.3, 0.4) is 0 Å². The van der Waals surface area contributed by atoms with Crippen molar-refractivity contribution >= 4 is 5.78 Å². The molecular weight excluding hydrogens is 216 g/mol. The molecule has 0 fully saturated rings. The minimum Gasteiger partial charge on any atom is -0.496 e. The molecule has 0 aliphatic carbocycles. The van der Waals surface area contributed by atoms with E-state index in [0.29, 0.717) is 17.1 Å². The number of aromatic nitrogens is 2. The van der Waals surface area contributed by atoms with E-state index in [1.165, 1.54) is 0 Å². The Kier molecular flexibility index (Phi) is 2.95. The van der Waals surface area contributed by atoms with Crippen molar-refractivity contribution in [3.05, 3.63) is 47.5 Å². The predicted molar refractivity (Wildman–Crippen MR) is 64.4 cm³/mol. The van der Waals surface area contributed by atoms with Crippen LogP contribution in [0.5, 0.6) is 5.75 Å². The fourth-order valence-corrected chi connectivity index (χ4v) is 1.67. The van der Waals surface area contributed by atoms with Crippen LogP contribution in [-0.2, 0) is 7.05 Å². The Morgan fingerprint density at radius 2 is 2.18 bits per heavy atom. The molecule has 88 valence electrons. The fraction of sp³-hybridized carbons (Fsp3) is 0.231. The van der Waals surface area contributed by atoms with Crippen LogP contribution in [0.15, 0.2) is 30.6 Å². The zero-order chi connectivity index (χ0) is 12.4. The van der Waals surface area contributed by atoms with Crippen LogP contribution in [0.4, 0.5) is 0 Å². The first-order valence-corrected chi connectivity index (χ1v) is 5.30. The summed E-state index contributed by atoms with van der Waals surface area (Å²) in [7, 11) is 3.39. The number of hydrogen-bond donors (Lipinski definition) is 0. The summed E-state index contributed by atoms with van der Waals surface area (Å²) in [4.78, 5) is 16.2. The molecule has 0 amide bonds. The quantitative estimate of drug-likeness (QED) is 0.757. The van der Waals surface area contributed by atoms with Crippen molar-refractivity contribution in [3.63, 3.8) is 0 Å². The zero-order valence-electron chi connectivity index (χ0n) is 10.1. The summed E-state index contributed by atoms with van der Waals surface area (Å²) in [6.07, 6.45) is 3.36. The van der Waals surface area contributed by atoms with Crippen LogP contribution in [0.2, 0.25) is 0 Å². The molecular formula is C13H14N2O2. The van der Waals surface area contributed by atoms with Crippen molar-refractivity contribution in [2.75, 3.05) is 7.11 Å². The standard InChI is InChI=1S/C13H14N2O2/c1-9-4-5-10(8-11(9)17-3)12(16)13-14-6-7-15(13)2/h4-8H,1-3H3. The maximum absolute atomic E-state index is 12.2. The number of rotatable bonds is 3. The van der Waals surface area contributed by atoms with E-state index >= 15 is 0 Å². The lowest BCUT2D eigenvalue weighted by Gasteiger charge is -2.07. The summed E-state index contributed by atoms with van der Waals surface area (Å²) in [6, 6.07) is 5.40. The first kappa shape index (κ1) is 11.4. The molecule has 0 unspecified atom stereocenters. The third-order valence-electron chi connectivity index (χ3n) is 2.69. The third-order valence-corrected chi connectivity index (χ3v) is 2.69. The van der Waals surface area contributed by atoms with Gasteiger partial charge in [0.1, 0.15) is 5.75 Å². The van der Waals surface area contributed by atoms with Gasteiger partial charge >= 0.3 is 0 Å². The molecule has 4 nitrogen and oxygen atoms in total. The van der Waals surface area contributed by atoms with Gasteiger partial charge in [0.2, 0.25) is 5.78 Å². The lowest BCUT2D eigenvalue weighted by atomic mass is 10.1. The van der Waals surface area contributed by atoms with Gasteiger partial charge in [-0.1, -0.05) is 12.1 Å². The predicted octanol–water partition coefficient (Wildman–Crippen LogP) is 1.97. The second-order valence-electron chi connectivity index (χ2n) is 3.88. The van der Waals surface area contributed by atoms with Gasteiger partial charge in [0, 0.05) is 25.0 Å². The van der Waals surface area contributed by atoms with E-state index in [1.54, 1.807) is 43.3 Å². The molecule has 0 aliphatic rings. The number of aryl methyl sites for hydroxylation is 2. The second-order valence-corrected chi connectivity index (χ2v) is 3.88. The van der Waals surface area contributed by atoms with E-state index in [2.05, 4.69) is 4.98 Å². The summed E-state index contributed by atoms with van der Waals surface area (Å²) in [5.74, 6) is 1.04. The van der Waals surface area contributed by atoms with E-state index in [-0.39, 0.29) is 5.78 Å². The Balaban J connectivity index is 2.41. The fourth-order valence-electron chi connectivity index (χ4n) is 1.67. The Bertz CT molecular complexity index is 558. The minimum atomic E-state index is -0.101. The van der Waals surface area contributed by atoms with Gasteiger partial charge in [-0.05, 0) is 18.6 Å². The molecule has 1 heterocycles. The molecule has 0 atom stereocenters. The number of carbonyl (C=O) groups excluding carboxylic acids is 1. The maximum Gasteiger partial charge on any atom is 0.228 e. The molecule has 4 heteroatoms. The summed E-state index contributed by atoms with van der Waals surface area (Å²) in [6.45, 7) is 1.94. The van der Waals surface area contributed by atoms with Gasteiger partial charge in [0.05, 0.1) is 7.11 Å².